The highest BCUT2D eigenvalue weighted by atomic mass is 35.5. The zero-order valence-electron chi connectivity index (χ0n) is 19.0. The van der Waals surface area contributed by atoms with Crippen molar-refractivity contribution in [2.45, 2.75) is 19.8 Å². The quantitative estimate of drug-likeness (QED) is 0.565. The van der Waals surface area contributed by atoms with Crippen molar-refractivity contribution < 1.29 is 23.9 Å². The average molecular weight is 484 g/mol. The van der Waals surface area contributed by atoms with Crippen LogP contribution in [0, 0.1) is 0 Å². The lowest BCUT2D eigenvalue weighted by molar-refractivity contribution is -0.134. The minimum Gasteiger partial charge on any atom is -0.484 e. The highest BCUT2D eigenvalue weighted by Crippen LogP contribution is 2.25. The van der Waals surface area contributed by atoms with Crippen LogP contribution < -0.4 is 4.74 Å². The molecule has 0 aromatic heterocycles. The highest BCUT2D eigenvalue weighted by Gasteiger charge is 2.36. The van der Waals surface area contributed by atoms with Gasteiger partial charge in [-0.05, 0) is 48.9 Å². The van der Waals surface area contributed by atoms with Crippen LogP contribution in [0.2, 0.25) is 5.02 Å². The standard InChI is InChI=1S/C25H26ClN3O5/c1-2-3-10-29-24(32)20-9-4-17(15-21(20)25(29)33)23(31)28-13-11-27(12-14-28)22(30)16-34-19-7-5-18(26)6-8-19/h4-9,15H,2-3,10-14,16H2,1H3. The number of fused-ring (bicyclic) bond motifs is 1. The number of hydrogen-bond acceptors (Lipinski definition) is 5. The first-order chi connectivity index (χ1) is 16.4. The maximum Gasteiger partial charge on any atom is 0.261 e. The van der Waals surface area contributed by atoms with Gasteiger partial charge in [0.25, 0.3) is 23.6 Å². The van der Waals surface area contributed by atoms with Crippen LogP contribution in [0.5, 0.6) is 5.75 Å². The van der Waals surface area contributed by atoms with Gasteiger partial charge < -0.3 is 14.5 Å². The van der Waals surface area contributed by atoms with Crippen molar-refractivity contribution in [1.82, 2.24) is 14.7 Å². The predicted molar refractivity (Wildman–Crippen MR) is 126 cm³/mol. The SMILES string of the molecule is CCCCN1C(=O)c2ccc(C(=O)N3CCN(C(=O)COc4ccc(Cl)cc4)CC3)cc2C1=O. The summed E-state index contributed by atoms with van der Waals surface area (Å²) in [5.41, 5.74) is 0.983. The van der Waals surface area contributed by atoms with Crippen molar-refractivity contribution in [2.24, 2.45) is 0 Å². The fourth-order valence-electron chi connectivity index (χ4n) is 4.05. The van der Waals surface area contributed by atoms with E-state index in [1.165, 1.54) is 11.0 Å². The molecule has 0 unspecified atom stereocenters. The topological polar surface area (TPSA) is 87.2 Å². The Balaban J connectivity index is 1.33. The lowest BCUT2D eigenvalue weighted by Gasteiger charge is -2.34. The van der Waals surface area contributed by atoms with Crippen LogP contribution >= 0.6 is 11.6 Å². The van der Waals surface area contributed by atoms with Gasteiger partial charge in [0.15, 0.2) is 6.61 Å². The molecule has 8 nitrogen and oxygen atoms in total. The lowest BCUT2D eigenvalue weighted by Crippen LogP contribution is -2.51. The number of hydrogen-bond donors (Lipinski definition) is 0. The van der Waals surface area contributed by atoms with Crippen LogP contribution in [-0.4, -0.2) is 77.7 Å². The van der Waals surface area contributed by atoms with Crippen LogP contribution in [0.15, 0.2) is 42.5 Å². The molecule has 4 rings (SSSR count). The zero-order chi connectivity index (χ0) is 24.2. The van der Waals surface area contributed by atoms with Crippen molar-refractivity contribution in [2.75, 3.05) is 39.3 Å². The third kappa shape index (κ3) is 4.92. The second kappa shape index (κ2) is 10.3. The third-order valence-corrected chi connectivity index (χ3v) is 6.30. The summed E-state index contributed by atoms with van der Waals surface area (Å²) in [6, 6.07) is 11.4. The molecule has 0 saturated carbocycles. The normalized spacial score (nSPS) is 15.5. The molecule has 178 valence electrons. The van der Waals surface area contributed by atoms with Gasteiger partial charge in [-0.3, -0.25) is 24.1 Å². The fourth-order valence-corrected chi connectivity index (χ4v) is 4.18. The second-order valence-corrected chi connectivity index (χ2v) is 8.73. The lowest BCUT2D eigenvalue weighted by atomic mass is 10.0. The van der Waals surface area contributed by atoms with E-state index in [2.05, 4.69) is 0 Å². The van der Waals surface area contributed by atoms with Crippen molar-refractivity contribution >= 4 is 35.2 Å². The molecule has 0 N–H and O–H groups in total. The summed E-state index contributed by atoms with van der Waals surface area (Å²) in [4.78, 5) is 55.3. The Hall–Kier alpha value is -3.39. The monoisotopic (exact) mass is 483 g/mol. The van der Waals surface area contributed by atoms with Gasteiger partial charge in [-0.2, -0.15) is 0 Å². The molecule has 2 aromatic rings. The summed E-state index contributed by atoms with van der Waals surface area (Å²) in [7, 11) is 0. The Bertz CT molecular complexity index is 1110. The van der Waals surface area contributed by atoms with Crippen molar-refractivity contribution in [3.63, 3.8) is 0 Å². The molecule has 4 amide bonds. The summed E-state index contributed by atoms with van der Waals surface area (Å²) in [5, 5.41) is 0.590. The fraction of sp³-hybridized carbons (Fsp3) is 0.360. The van der Waals surface area contributed by atoms with E-state index in [1.54, 1.807) is 46.2 Å². The van der Waals surface area contributed by atoms with Gasteiger partial charge in [0.05, 0.1) is 11.1 Å². The van der Waals surface area contributed by atoms with Crippen molar-refractivity contribution in [3.05, 3.63) is 64.2 Å². The van der Waals surface area contributed by atoms with E-state index < -0.39 is 0 Å². The van der Waals surface area contributed by atoms with E-state index in [-0.39, 0.29) is 35.8 Å². The molecular formula is C25H26ClN3O5. The van der Waals surface area contributed by atoms with E-state index >= 15 is 0 Å². The maximum atomic E-state index is 13.0. The number of benzene rings is 2. The van der Waals surface area contributed by atoms with E-state index in [4.69, 9.17) is 16.3 Å². The molecule has 9 heteroatoms. The first kappa shape index (κ1) is 23.8. The largest absolute Gasteiger partial charge is 0.484 e. The number of nitrogens with zero attached hydrogens (tertiary/aromatic N) is 3. The molecule has 0 bridgehead atoms. The van der Waals surface area contributed by atoms with Crippen LogP contribution in [0.25, 0.3) is 0 Å². The number of rotatable bonds is 7. The van der Waals surface area contributed by atoms with E-state index in [0.717, 1.165) is 12.8 Å². The zero-order valence-corrected chi connectivity index (χ0v) is 19.7. The maximum absolute atomic E-state index is 13.0. The Labute approximate surface area is 203 Å². The van der Waals surface area contributed by atoms with Crippen LogP contribution in [-0.2, 0) is 4.79 Å². The smallest absolute Gasteiger partial charge is 0.261 e. The number of ether oxygens (including phenoxy) is 1. The molecule has 1 saturated heterocycles. The van der Waals surface area contributed by atoms with E-state index in [1.807, 2.05) is 6.92 Å². The highest BCUT2D eigenvalue weighted by molar-refractivity contribution is 6.30. The molecular weight excluding hydrogens is 458 g/mol. The Morgan fingerprint density at radius 1 is 0.912 bits per heavy atom. The van der Waals surface area contributed by atoms with Crippen LogP contribution in [0.4, 0.5) is 0 Å². The molecule has 0 radical (unpaired) electrons. The summed E-state index contributed by atoms with van der Waals surface area (Å²) in [6.07, 6.45) is 1.61. The Kier molecular flexibility index (Phi) is 7.17. The molecule has 2 aliphatic rings. The summed E-state index contributed by atoms with van der Waals surface area (Å²) >= 11 is 5.85. The number of amides is 4. The molecule has 2 heterocycles. The van der Waals surface area contributed by atoms with E-state index in [0.29, 0.717) is 54.6 Å². The number of unbranched alkanes of at least 4 members (excludes halogenated alkanes) is 1. The Morgan fingerprint density at radius 3 is 2.24 bits per heavy atom. The minimum absolute atomic E-state index is 0.0922. The van der Waals surface area contributed by atoms with Crippen LogP contribution in [0.3, 0.4) is 0 Å². The molecule has 1 fully saturated rings. The summed E-state index contributed by atoms with van der Waals surface area (Å²) in [5.74, 6) is -0.473. The number of carbonyl (C=O) groups is 4. The number of piperazine rings is 1. The van der Waals surface area contributed by atoms with Crippen molar-refractivity contribution in [1.29, 1.82) is 0 Å². The Morgan fingerprint density at radius 2 is 1.56 bits per heavy atom. The van der Waals surface area contributed by atoms with Crippen LogP contribution in [0.1, 0.15) is 50.8 Å². The average Bonchev–Trinajstić information content (AvgIpc) is 3.10. The molecule has 0 aliphatic carbocycles. The van der Waals surface area contributed by atoms with E-state index in [9.17, 15) is 19.2 Å². The molecule has 2 aromatic carbocycles. The number of halogens is 1. The number of carbonyl (C=O) groups excluding carboxylic acids is 4. The predicted octanol–water partition coefficient (Wildman–Crippen LogP) is 3.10. The van der Waals surface area contributed by atoms with Gasteiger partial charge in [0.2, 0.25) is 0 Å². The second-order valence-electron chi connectivity index (χ2n) is 8.29. The van der Waals surface area contributed by atoms with Gasteiger partial charge in [0.1, 0.15) is 5.75 Å². The summed E-state index contributed by atoms with van der Waals surface area (Å²) in [6.45, 7) is 3.81. The first-order valence-corrected chi connectivity index (χ1v) is 11.7. The van der Waals surface area contributed by atoms with Gasteiger partial charge in [-0.1, -0.05) is 24.9 Å². The molecule has 0 spiro atoms. The minimum atomic E-state index is -0.348. The molecule has 2 aliphatic heterocycles. The van der Waals surface area contributed by atoms with Gasteiger partial charge in [-0.15, -0.1) is 0 Å². The van der Waals surface area contributed by atoms with Gasteiger partial charge in [-0.25, -0.2) is 0 Å². The molecule has 0 atom stereocenters. The van der Waals surface area contributed by atoms with Gasteiger partial charge >= 0.3 is 0 Å². The first-order valence-electron chi connectivity index (χ1n) is 11.3. The van der Waals surface area contributed by atoms with Gasteiger partial charge in [0, 0.05) is 43.3 Å². The van der Waals surface area contributed by atoms with Crippen molar-refractivity contribution in [3.8, 4) is 5.75 Å². The third-order valence-electron chi connectivity index (χ3n) is 6.05. The molecule has 34 heavy (non-hydrogen) atoms. The summed E-state index contributed by atoms with van der Waals surface area (Å²) < 4.78 is 5.52. The number of imide groups is 1.